The minimum atomic E-state index is -1.38. The molecule has 0 heterocycles. The summed E-state index contributed by atoms with van der Waals surface area (Å²) < 4.78 is 0. The maximum atomic E-state index is 10.3. The maximum absolute atomic E-state index is 10.3. The van der Waals surface area contributed by atoms with E-state index in [2.05, 4.69) is 0 Å². The Morgan fingerprint density at radius 1 is 1.06 bits per heavy atom. The molecule has 0 amide bonds. The fourth-order valence-electron chi connectivity index (χ4n) is 0.695. The van der Waals surface area contributed by atoms with Crippen molar-refractivity contribution in [1.82, 2.24) is 0 Å². The molecule has 1 aromatic carbocycles. The number of hydrogen-bond acceptors (Lipinski definition) is 5. The van der Waals surface area contributed by atoms with Crippen molar-refractivity contribution < 1.29 is 34.8 Å². The number of phenolic OH excluding ortho intramolecular Hbond substituents is 1. The standard InChI is InChI=1S/C7H6O4.C3H4O3/c8-4-1-2-6(9)5(3-4)7(10)11;1-2(4)3(5)6/h1-3,8-9H,(H,10,11);1H3,(H,5,6). The van der Waals surface area contributed by atoms with E-state index in [0.29, 0.717) is 0 Å². The van der Waals surface area contributed by atoms with Gasteiger partial charge in [0.2, 0.25) is 5.78 Å². The van der Waals surface area contributed by atoms with Gasteiger partial charge in [0, 0.05) is 6.92 Å². The summed E-state index contributed by atoms with van der Waals surface area (Å²) in [5.41, 5.74) is -0.301. The van der Waals surface area contributed by atoms with Crippen LogP contribution in [0.3, 0.4) is 0 Å². The van der Waals surface area contributed by atoms with E-state index >= 15 is 0 Å². The van der Waals surface area contributed by atoms with Gasteiger partial charge in [-0.15, -0.1) is 0 Å². The number of ketones is 1. The van der Waals surface area contributed by atoms with Crippen molar-refractivity contribution in [3.63, 3.8) is 0 Å². The topological polar surface area (TPSA) is 132 Å². The van der Waals surface area contributed by atoms with Crippen LogP contribution in [0.25, 0.3) is 0 Å². The Hall–Kier alpha value is -2.57. The Morgan fingerprint density at radius 3 is 1.82 bits per heavy atom. The first-order valence-electron chi connectivity index (χ1n) is 4.24. The molecular formula is C10H10O7. The molecule has 0 spiro atoms. The van der Waals surface area contributed by atoms with Gasteiger partial charge in [-0.2, -0.15) is 0 Å². The molecule has 7 nitrogen and oxygen atoms in total. The van der Waals surface area contributed by atoms with Gasteiger partial charge in [-0.3, -0.25) is 4.79 Å². The minimum Gasteiger partial charge on any atom is -0.508 e. The molecule has 1 rings (SSSR count). The van der Waals surface area contributed by atoms with Crippen molar-refractivity contribution in [2.75, 3.05) is 0 Å². The van der Waals surface area contributed by atoms with E-state index in [9.17, 15) is 14.4 Å². The fourth-order valence-corrected chi connectivity index (χ4v) is 0.695. The molecule has 4 N–H and O–H groups in total. The van der Waals surface area contributed by atoms with E-state index < -0.39 is 17.7 Å². The van der Waals surface area contributed by atoms with Crippen LogP contribution in [-0.2, 0) is 9.59 Å². The van der Waals surface area contributed by atoms with Crippen LogP contribution >= 0.6 is 0 Å². The number of aliphatic carboxylic acids is 1. The summed E-state index contributed by atoms with van der Waals surface area (Å²) in [5.74, 6) is -4.00. The number of carboxylic acid groups (broad SMARTS) is 2. The number of carbonyl (C=O) groups excluding carboxylic acids is 1. The number of carbonyl (C=O) groups is 3. The smallest absolute Gasteiger partial charge is 0.371 e. The maximum Gasteiger partial charge on any atom is 0.371 e. The number of phenols is 2. The number of carboxylic acids is 2. The van der Waals surface area contributed by atoms with Crippen molar-refractivity contribution in [1.29, 1.82) is 0 Å². The Morgan fingerprint density at radius 2 is 1.53 bits per heavy atom. The van der Waals surface area contributed by atoms with E-state index in [4.69, 9.17) is 20.4 Å². The molecule has 0 aliphatic heterocycles. The molecule has 0 atom stereocenters. The SMILES string of the molecule is CC(=O)C(=O)O.O=C(O)c1cc(O)ccc1O. The van der Waals surface area contributed by atoms with Gasteiger partial charge in [-0.25, -0.2) is 9.59 Å². The molecule has 0 saturated heterocycles. The van der Waals surface area contributed by atoms with Gasteiger partial charge in [0.1, 0.15) is 17.1 Å². The summed E-state index contributed by atoms with van der Waals surface area (Å²) in [4.78, 5) is 29.2. The second-order valence-corrected chi connectivity index (χ2v) is 2.87. The lowest BCUT2D eigenvalue weighted by atomic mass is 10.2. The van der Waals surface area contributed by atoms with Crippen molar-refractivity contribution >= 4 is 17.7 Å². The van der Waals surface area contributed by atoms with Crippen molar-refractivity contribution in [2.45, 2.75) is 6.92 Å². The molecule has 0 radical (unpaired) electrons. The molecule has 0 aliphatic carbocycles. The Kier molecular flexibility index (Phi) is 5.19. The Bertz CT molecular complexity index is 438. The summed E-state index contributed by atoms with van der Waals surface area (Å²) in [6, 6.07) is 3.32. The van der Waals surface area contributed by atoms with Gasteiger partial charge >= 0.3 is 11.9 Å². The highest BCUT2D eigenvalue weighted by atomic mass is 16.4. The van der Waals surface area contributed by atoms with Crippen LogP contribution in [0.4, 0.5) is 0 Å². The molecule has 1 aromatic rings. The van der Waals surface area contributed by atoms with Crippen LogP contribution in [-0.4, -0.2) is 38.1 Å². The van der Waals surface area contributed by atoms with Crippen molar-refractivity contribution in [2.24, 2.45) is 0 Å². The molecular weight excluding hydrogens is 232 g/mol. The van der Waals surface area contributed by atoms with E-state index in [-0.39, 0.29) is 17.1 Å². The van der Waals surface area contributed by atoms with E-state index in [1.54, 1.807) is 0 Å². The van der Waals surface area contributed by atoms with Gasteiger partial charge in [0.25, 0.3) is 0 Å². The third-order valence-electron chi connectivity index (χ3n) is 1.51. The zero-order valence-electron chi connectivity index (χ0n) is 8.75. The molecule has 7 heteroatoms. The molecule has 92 valence electrons. The van der Waals surface area contributed by atoms with E-state index in [1.807, 2.05) is 0 Å². The first-order chi connectivity index (χ1) is 7.75. The number of aromatic hydroxyl groups is 2. The van der Waals surface area contributed by atoms with Crippen LogP contribution in [0.5, 0.6) is 11.5 Å². The Balaban J connectivity index is 0.000000366. The zero-order chi connectivity index (χ0) is 13.6. The number of aromatic carboxylic acids is 1. The van der Waals surface area contributed by atoms with Crippen molar-refractivity contribution in [3.05, 3.63) is 23.8 Å². The highest BCUT2D eigenvalue weighted by Crippen LogP contribution is 2.21. The van der Waals surface area contributed by atoms with E-state index in [1.165, 1.54) is 6.07 Å². The third kappa shape index (κ3) is 5.17. The lowest BCUT2D eigenvalue weighted by molar-refractivity contribution is -0.148. The molecule has 17 heavy (non-hydrogen) atoms. The minimum absolute atomic E-state index is 0.180. The third-order valence-corrected chi connectivity index (χ3v) is 1.51. The molecule has 0 saturated carbocycles. The first-order valence-corrected chi connectivity index (χ1v) is 4.24. The van der Waals surface area contributed by atoms with Gasteiger partial charge in [0.05, 0.1) is 0 Å². The van der Waals surface area contributed by atoms with Gasteiger partial charge in [-0.1, -0.05) is 0 Å². The summed E-state index contributed by atoms with van der Waals surface area (Å²) in [6.45, 7) is 1.00. The molecule has 0 aromatic heterocycles. The monoisotopic (exact) mass is 242 g/mol. The highest BCUT2D eigenvalue weighted by molar-refractivity contribution is 6.31. The average molecular weight is 242 g/mol. The van der Waals surface area contributed by atoms with Crippen LogP contribution in [0.15, 0.2) is 18.2 Å². The van der Waals surface area contributed by atoms with Crippen LogP contribution in [0.1, 0.15) is 17.3 Å². The number of benzene rings is 1. The average Bonchev–Trinajstić information content (AvgIpc) is 2.22. The van der Waals surface area contributed by atoms with Crippen LogP contribution in [0, 0.1) is 0 Å². The second-order valence-electron chi connectivity index (χ2n) is 2.87. The summed E-state index contributed by atoms with van der Waals surface area (Å²) in [6.07, 6.45) is 0. The predicted octanol–water partition coefficient (Wildman–Crippen LogP) is 0.456. The number of rotatable bonds is 2. The summed E-state index contributed by atoms with van der Waals surface area (Å²) in [7, 11) is 0. The zero-order valence-corrected chi connectivity index (χ0v) is 8.75. The van der Waals surface area contributed by atoms with Gasteiger partial charge in [-0.05, 0) is 18.2 Å². The highest BCUT2D eigenvalue weighted by Gasteiger charge is 2.08. The van der Waals surface area contributed by atoms with E-state index in [0.717, 1.165) is 19.1 Å². The van der Waals surface area contributed by atoms with Gasteiger partial charge in [0.15, 0.2) is 0 Å². The molecule has 0 bridgehead atoms. The predicted molar refractivity (Wildman–Crippen MR) is 55.0 cm³/mol. The molecule has 0 aliphatic rings. The lowest BCUT2D eigenvalue weighted by Gasteiger charge is -1.98. The molecule has 0 unspecified atom stereocenters. The summed E-state index contributed by atoms with van der Waals surface area (Å²) >= 11 is 0. The summed E-state index contributed by atoms with van der Waals surface area (Å²) in [5, 5.41) is 33.8. The second kappa shape index (κ2) is 6.11. The number of hydrogen-bond donors (Lipinski definition) is 4. The lowest BCUT2D eigenvalue weighted by Crippen LogP contribution is -2.05. The quantitative estimate of drug-likeness (QED) is 0.437. The van der Waals surface area contributed by atoms with Crippen LogP contribution in [0.2, 0.25) is 0 Å². The van der Waals surface area contributed by atoms with Crippen molar-refractivity contribution in [3.8, 4) is 11.5 Å². The van der Waals surface area contributed by atoms with Gasteiger partial charge < -0.3 is 20.4 Å². The fraction of sp³-hybridized carbons (Fsp3) is 0.100. The number of Topliss-reactive ketones (excluding diaryl/α,β-unsaturated/α-hetero) is 1. The Labute approximate surface area is 95.6 Å². The largest absolute Gasteiger partial charge is 0.508 e. The normalized spacial score (nSPS) is 8.76. The first kappa shape index (κ1) is 14.4. The van der Waals surface area contributed by atoms with Crippen LogP contribution < -0.4 is 0 Å². The molecule has 0 fully saturated rings.